The van der Waals surface area contributed by atoms with Gasteiger partial charge in [-0.2, -0.15) is 13.2 Å². The summed E-state index contributed by atoms with van der Waals surface area (Å²) < 4.78 is 42.8. The van der Waals surface area contributed by atoms with Gasteiger partial charge < -0.3 is 15.0 Å². The minimum absolute atomic E-state index is 0.189. The number of hydrogen-bond donors (Lipinski definition) is 1. The van der Waals surface area contributed by atoms with E-state index in [0.717, 1.165) is 32.4 Å². The van der Waals surface area contributed by atoms with Crippen molar-refractivity contribution in [3.8, 4) is 5.75 Å². The fraction of sp³-hybridized carbons (Fsp3) is 0.545. The Morgan fingerprint density at radius 1 is 1.33 bits per heavy atom. The Morgan fingerprint density at radius 2 is 2.00 bits per heavy atom. The van der Waals surface area contributed by atoms with Gasteiger partial charge in [0.25, 0.3) is 0 Å². The van der Waals surface area contributed by atoms with Crippen LogP contribution in [0.2, 0.25) is 0 Å². The van der Waals surface area contributed by atoms with Crippen LogP contribution in [0.25, 0.3) is 0 Å². The summed E-state index contributed by atoms with van der Waals surface area (Å²) in [6.07, 6.45) is -3.61. The van der Waals surface area contributed by atoms with Crippen LogP contribution in [-0.2, 0) is 6.18 Å². The molecule has 1 N–H and O–H groups in total. The summed E-state index contributed by atoms with van der Waals surface area (Å²) in [6.45, 7) is 3.04. The van der Waals surface area contributed by atoms with E-state index in [1.807, 2.05) is 4.90 Å². The molecule has 0 aliphatic carbocycles. The molecule has 1 aromatic heterocycles. The topological polar surface area (TPSA) is 37.4 Å². The molecule has 1 fully saturated rings. The number of anilines is 1. The monoisotopic (exact) mass is 261 g/mol. The highest BCUT2D eigenvalue weighted by molar-refractivity contribution is 5.48. The van der Waals surface area contributed by atoms with Crippen LogP contribution in [0.3, 0.4) is 0 Å². The molecule has 0 unspecified atom stereocenters. The predicted molar refractivity (Wildman–Crippen MR) is 60.9 cm³/mol. The Labute approximate surface area is 103 Å². The third-order valence-corrected chi connectivity index (χ3v) is 2.82. The first kappa shape index (κ1) is 12.9. The molecule has 0 spiro atoms. The second kappa shape index (κ2) is 5.01. The standard InChI is InChI=1S/C11H14F3N3O/c1-18-9-6-10(17-4-2-15-3-5-17)16-7-8(9)11(12,13)14/h6-7,15H,2-5H2,1H3. The van der Waals surface area contributed by atoms with Crippen LogP contribution < -0.4 is 15.0 Å². The maximum absolute atomic E-state index is 12.7. The van der Waals surface area contributed by atoms with E-state index in [4.69, 9.17) is 4.74 Å². The number of piperazine rings is 1. The van der Waals surface area contributed by atoms with Crippen molar-refractivity contribution in [2.24, 2.45) is 0 Å². The highest BCUT2D eigenvalue weighted by Crippen LogP contribution is 2.37. The highest BCUT2D eigenvalue weighted by Gasteiger charge is 2.35. The summed E-state index contributed by atoms with van der Waals surface area (Å²) in [5, 5.41) is 3.17. The number of nitrogens with one attached hydrogen (secondary N) is 1. The molecule has 100 valence electrons. The molecule has 2 heterocycles. The van der Waals surface area contributed by atoms with Crippen LogP contribution >= 0.6 is 0 Å². The molecule has 0 radical (unpaired) electrons. The van der Waals surface area contributed by atoms with Crippen molar-refractivity contribution in [1.82, 2.24) is 10.3 Å². The van der Waals surface area contributed by atoms with Crippen LogP contribution in [0.15, 0.2) is 12.3 Å². The average Bonchev–Trinajstić information content (AvgIpc) is 2.38. The molecule has 1 aromatic rings. The molecule has 1 aliphatic rings. The SMILES string of the molecule is COc1cc(N2CCNCC2)ncc1C(F)(F)F. The first-order chi connectivity index (χ1) is 8.52. The lowest BCUT2D eigenvalue weighted by Gasteiger charge is -2.28. The first-order valence-electron chi connectivity index (χ1n) is 5.59. The van der Waals surface area contributed by atoms with Gasteiger partial charge in [-0.1, -0.05) is 0 Å². The van der Waals surface area contributed by atoms with Gasteiger partial charge in [-0.3, -0.25) is 0 Å². The number of halogens is 3. The molecular weight excluding hydrogens is 247 g/mol. The van der Waals surface area contributed by atoms with Crippen molar-refractivity contribution < 1.29 is 17.9 Å². The zero-order valence-electron chi connectivity index (χ0n) is 9.92. The van der Waals surface area contributed by atoms with Gasteiger partial charge in [-0.25, -0.2) is 4.98 Å². The molecule has 2 rings (SSSR count). The van der Waals surface area contributed by atoms with Gasteiger partial charge in [0.1, 0.15) is 17.1 Å². The smallest absolute Gasteiger partial charge is 0.421 e. The number of rotatable bonds is 2. The Kier molecular flexibility index (Phi) is 3.60. The van der Waals surface area contributed by atoms with Crippen LogP contribution in [-0.4, -0.2) is 38.3 Å². The predicted octanol–water partition coefficient (Wildman–Crippen LogP) is 1.52. The zero-order valence-corrected chi connectivity index (χ0v) is 9.92. The van der Waals surface area contributed by atoms with Gasteiger partial charge in [-0.15, -0.1) is 0 Å². The third-order valence-electron chi connectivity index (χ3n) is 2.82. The molecule has 0 aromatic carbocycles. The Balaban J connectivity index is 2.29. The highest BCUT2D eigenvalue weighted by atomic mass is 19.4. The van der Waals surface area contributed by atoms with E-state index in [1.165, 1.54) is 13.2 Å². The average molecular weight is 261 g/mol. The second-order valence-corrected chi connectivity index (χ2v) is 3.98. The number of pyridine rings is 1. The van der Waals surface area contributed by atoms with Crippen molar-refractivity contribution in [1.29, 1.82) is 0 Å². The lowest BCUT2D eigenvalue weighted by molar-refractivity contribution is -0.139. The quantitative estimate of drug-likeness (QED) is 0.876. The van der Waals surface area contributed by atoms with E-state index in [0.29, 0.717) is 5.82 Å². The fourth-order valence-corrected chi connectivity index (χ4v) is 1.88. The van der Waals surface area contributed by atoms with Crippen LogP contribution in [0, 0.1) is 0 Å². The molecule has 1 aliphatic heterocycles. The zero-order chi connectivity index (χ0) is 13.2. The van der Waals surface area contributed by atoms with Crippen LogP contribution in [0.5, 0.6) is 5.75 Å². The van der Waals surface area contributed by atoms with Crippen molar-refractivity contribution in [3.05, 3.63) is 17.8 Å². The van der Waals surface area contributed by atoms with Crippen LogP contribution in [0.4, 0.5) is 19.0 Å². The number of nitrogens with zero attached hydrogens (tertiary/aromatic N) is 2. The number of aromatic nitrogens is 1. The van der Waals surface area contributed by atoms with Crippen molar-refractivity contribution in [2.45, 2.75) is 6.18 Å². The number of methoxy groups -OCH3 is 1. The largest absolute Gasteiger partial charge is 0.496 e. The fourth-order valence-electron chi connectivity index (χ4n) is 1.88. The normalized spacial score (nSPS) is 16.8. The summed E-state index contributed by atoms with van der Waals surface area (Å²) in [5.74, 6) is 0.326. The third kappa shape index (κ3) is 2.66. The lowest BCUT2D eigenvalue weighted by atomic mass is 10.2. The van der Waals surface area contributed by atoms with E-state index >= 15 is 0 Å². The summed E-state index contributed by atoms with van der Waals surface area (Å²) in [6, 6.07) is 1.34. The molecule has 0 atom stereocenters. The van der Waals surface area contributed by atoms with Gasteiger partial charge in [-0.05, 0) is 0 Å². The van der Waals surface area contributed by atoms with Crippen molar-refractivity contribution in [2.75, 3.05) is 38.2 Å². The summed E-state index contributed by atoms with van der Waals surface area (Å²) in [5.41, 5.74) is -0.844. The maximum atomic E-state index is 12.7. The molecule has 0 bridgehead atoms. The lowest BCUT2D eigenvalue weighted by Crippen LogP contribution is -2.43. The van der Waals surface area contributed by atoms with Crippen molar-refractivity contribution >= 4 is 5.82 Å². The molecule has 7 heteroatoms. The summed E-state index contributed by atoms with van der Waals surface area (Å²) >= 11 is 0. The molecule has 1 saturated heterocycles. The minimum Gasteiger partial charge on any atom is -0.496 e. The molecule has 4 nitrogen and oxygen atoms in total. The molecular formula is C11H14F3N3O. The van der Waals surface area contributed by atoms with Gasteiger partial charge in [0, 0.05) is 38.4 Å². The van der Waals surface area contributed by atoms with E-state index < -0.39 is 11.7 Å². The van der Waals surface area contributed by atoms with E-state index in [9.17, 15) is 13.2 Å². The van der Waals surface area contributed by atoms with Gasteiger partial charge in [0.2, 0.25) is 0 Å². The second-order valence-electron chi connectivity index (χ2n) is 3.98. The summed E-state index contributed by atoms with van der Waals surface area (Å²) in [4.78, 5) is 5.81. The Bertz CT molecular complexity index is 416. The van der Waals surface area contributed by atoms with E-state index in [2.05, 4.69) is 10.3 Å². The number of ether oxygens (including phenoxy) is 1. The Morgan fingerprint density at radius 3 is 2.56 bits per heavy atom. The summed E-state index contributed by atoms with van der Waals surface area (Å²) in [7, 11) is 1.23. The minimum atomic E-state index is -4.44. The Hall–Kier alpha value is -1.50. The first-order valence-corrected chi connectivity index (χ1v) is 5.59. The number of hydrogen-bond acceptors (Lipinski definition) is 4. The van der Waals surface area contributed by atoms with Crippen LogP contribution in [0.1, 0.15) is 5.56 Å². The van der Waals surface area contributed by atoms with Gasteiger partial charge in [0.05, 0.1) is 7.11 Å². The van der Waals surface area contributed by atoms with Gasteiger partial charge in [0.15, 0.2) is 0 Å². The molecule has 0 saturated carbocycles. The van der Waals surface area contributed by atoms with E-state index in [1.54, 1.807) is 0 Å². The van der Waals surface area contributed by atoms with Crippen molar-refractivity contribution in [3.63, 3.8) is 0 Å². The van der Waals surface area contributed by atoms with E-state index in [-0.39, 0.29) is 5.75 Å². The molecule has 0 amide bonds. The molecule has 18 heavy (non-hydrogen) atoms. The maximum Gasteiger partial charge on any atom is 0.421 e. The number of alkyl halides is 3. The van der Waals surface area contributed by atoms with Gasteiger partial charge >= 0.3 is 6.18 Å².